The van der Waals surface area contributed by atoms with E-state index in [2.05, 4.69) is 10.3 Å². The lowest BCUT2D eigenvalue weighted by Gasteiger charge is -2.14. The summed E-state index contributed by atoms with van der Waals surface area (Å²) in [5.41, 5.74) is 0.273. The van der Waals surface area contributed by atoms with E-state index < -0.39 is 17.9 Å². The first-order valence-corrected chi connectivity index (χ1v) is 6.59. The van der Waals surface area contributed by atoms with Gasteiger partial charge in [-0.25, -0.2) is 9.78 Å². The van der Waals surface area contributed by atoms with Crippen LogP contribution in [0.2, 0.25) is 0 Å². The van der Waals surface area contributed by atoms with Gasteiger partial charge in [-0.1, -0.05) is 0 Å². The molecule has 0 fully saturated rings. The van der Waals surface area contributed by atoms with E-state index in [0.29, 0.717) is 5.88 Å². The maximum atomic E-state index is 12.0. The SMILES string of the molecule is COCCC(NC(=O)c1ccc(OC(C)C)nc1)C(=O)O. The van der Waals surface area contributed by atoms with Crippen molar-refractivity contribution >= 4 is 11.9 Å². The molecule has 0 bridgehead atoms. The molecular weight excluding hydrogens is 276 g/mol. The fraction of sp³-hybridized carbons (Fsp3) is 0.500. The average molecular weight is 296 g/mol. The van der Waals surface area contributed by atoms with Crippen LogP contribution in [0.15, 0.2) is 18.3 Å². The number of pyridine rings is 1. The first-order chi connectivity index (χ1) is 9.93. The van der Waals surface area contributed by atoms with E-state index in [4.69, 9.17) is 14.6 Å². The third-order valence-corrected chi connectivity index (χ3v) is 2.57. The van der Waals surface area contributed by atoms with Crippen LogP contribution in [0.3, 0.4) is 0 Å². The Morgan fingerprint density at radius 1 is 1.38 bits per heavy atom. The maximum absolute atomic E-state index is 12.0. The molecule has 0 aliphatic carbocycles. The van der Waals surface area contributed by atoms with Gasteiger partial charge in [0.05, 0.1) is 11.7 Å². The second-order valence-electron chi connectivity index (χ2n) is 4.70. The van der Waals surface area contributed by atoms with E-state index in [-0.39, 0.29) is 24.7 Å². The van der Waals surface area contributed by atoms with Gasteiger partial charge < -0.3 is 19.9 Å². The Morgan fingerprint density at radius 3 is 2.57 bits per heavy atom. The van der Waals surface area contributed by atoms with Gasteiger partial charge in [0, 0.05) is 32.4 Å². The largest absolute Gasteiger partial charge is 0.480 e. The highest BCUT2D eigenvalue weighted by Crippen LogP contribution is 2.10. The molecule has 1 aromatic rings. The molecule has 1 heterocycles. The van der Waals surface area contributed by atoms with E-state index in [1.54, 1.807) is 6.07 Å². The number of amides is 1. The highest BCUT2D eigenvalue weighted by Gasteiger charge is 2.20. The minimum absolute atomic E-state index is 0.0115. The fourth-order valence-electron chi connectivity index (χ4n) is 1.56. The van der Waals surface area contributed by atoms with E-state index in [1.165, 1.54) is 19.4 Å². The first kappa shape index (κ1) is 16.9. The number of carboxylic acids is 1. The highest BCUT2D eigenvalue weighted by atomic mass is 16.5. The van der Waals surface area contributed by atoms with Crippen LogP contribution in [0.25, 0.3) is 0 Å². The summed E-state index contributed by atoms with van der Waals surface area (Å²) < 4.78 is 10.2. The second kappa shape index (κ2) is 8.21. The van der Waals surface area contributed by atoms with Crippen molar-refractivity contribution in [1.82, 2.24) is 10.3 Å². The zero-order valence-corrected chi connectivity index (χ0v) is 12.3. The number of nitrogens with one attached hydrogen (secondary N) is 1. The average Bonchev–Trinajstić information content (AvgIpc) is 2.43. The summed E-state index contributed by atoms with van der Waals surface area (Å²) >= 11 is 0. The molecule has 0 saturated carbocycles. The number of aliphatic carboxylic acids is 1. The highest BCUT2D eigenvalue weighted by molar-refractivity contribution is 5.96. The summed E-state index contributed by atoms with van der Waals surface area (Å²) in [5, 5.41) is 11.5. The van der Waals surface area contributed by atoms with E-state index in [9.17, 15) is 9.59 Å². The normalized spacial score (nSPS) is 12.0. The number of carbonyl (C=O) groups is 2. The molecule has 1 rings (SSSR count). The molecule has 0 saturated heterocycles. The fourth-order valence-corrected chi connectivity index (χ4v) is 1.56. The molecule has 0 aromatic carbocycles. The Bertz CT molecular complexity index is 473. The van der Waals surface area contributed by atoms with Crippen LogP contribution in [-0.2, 0) is 9.53 Å². The Kier molecular flexibility index (Phi) is 6.61. The van der Waals surface area contributed by atoms with E-state index >= 15 is 0 Å². The molecule has 7 heteroatoms. The Labute approximate surface area is 123 Å². The van der Waals surface area contributed by atoms with Gasteiger partial charge in [-0.05, 0) is 19.9 Å². The molecule has 2 N–H and O–H groups in total. The molecule has 1 atom stereocenters. The van der Waals surface area contributed by atoms with E-state index in [0.717, 1.165) is 0 Å². The lowest BCUT2D eigenvalue weighted by atomic mass is 10.2. The summed E-state index contributed by atoms with van der Waals surface area (Å²) in [6.45, 7) is 3.99. The molecule has 1 amide bonds. The van der Waals surface area contributed by atoms with Crippen LogP contribution in [-0.4, -0.2) is 47.8 Å². The number of hydrogen-bond donors (Lipinski definition) is 2. The number of hydrogen-bond acceptors (Lipinski definition) is 5. The number of carboxylic acid groups (broad SMARTS) is 1. The van der Waals surface area contributed by atoms with Gasteiger partial charge in [0.15, 0.2) is 0 Å². The van der Waals surface area contributed by atoms with E-state index in [1.807, 2.05) is 13.8 Å². The van der Waals surface area contributed by atoms with Crippen LogP contribution in [0.4, 0.5) is 0 Å². The minimum Gasteiger partial charge on any atom is -0.480 e. The van der Waals surface area contributed by atoms with Crippen LogP contribution in [0.1, 0.15) is 30.6 Å². The molecule has 116 valence electrons. The van der Waals surface area contributed by atoms with Crippen molar-refractivity contribution < 1.29 is 24.2 Å². The van der Waals surface area contributed by atoms with Crippen molar-refractivity contribution in [1.29, 1.82) is 0 Å². The molecule has 0 aliphatic heterocycles. The van der Waals surface area contributed by atoms with Crippen LogP contribution >= 0.6 is 0 Å². The monoisotopic (exact) mass is 296 g/mol. The van der Waals surface area contributed by atoms with Gasteiger partial charge in [0.1, 0.15) is 6.04 Å². The van der Waals surface area contributed by atoms with Crippen molar-refractivity contribution in [2.75, 3.05) is 13.7 Å². The molecule has 21 heavy (non-hydrogen) atoms. The summed E-state index contributed by atoms with van der Waals surface area (Å²) in [4.78, 5) is 27.0. The van der Waals surface area contributed by atoms with Crippen LogP contribution < -0.4 is 10.1 Å². The molecule has 0 aliphatic rings. The molecular formula is C14H20N2O5. The van der Waals surface area contributed by atoms with Gasteiger partial charge in [0.2, 0.25) is 5.88 Å². The molecule has 0 radical (unpaired) electrons. The van der Waals surface area contributed by atoms with Gasteiger partial charge in [0.25, 0.3) is 5.91 Å². The van der Waals surface area contributed by atoms with Crippen molar-refractivity contribution in [3.8, 4) is 5.88 Å². The zero-order chi connectivity index (χ0) is 15.8. The van der Waals surface area contributed by atoms with Gasteiger partial charge in [-0.2, -0.15) is 0 Å². The van der Waals surface area contributed by atoms with Crippen LogP contribution in [0, 0.1) is 0 Å². The topological polar surface area (TPSA) is 97.8 Å². The Balaban J connectivity index is 2.67. The lowest BCUT2D eigenvalue weighted by Crippen LogP contribution is -2.41. The standard InChI is InChI=1S/C14H20N2O5/c1-9(2)21-12-5-4-10(8-15-12)13(17)16-11(14(18)19)6-7-20-3/h4-5,8-9,11H,6-7H2,1-3H3,(H,16,17)(H,18,19). The van der Waals surface area contributed by atoms with Gasteiger partial charge in [-0.15, -0.1) is 0 Å². The van der Waals surface area contributed by atoms with Crippen molar-refractivity contribution in [3.63, 3.8) is 0 Å². The first-order valence-electron chi connectivity index (χ1n) is 6.59. The molecule has 1 aromatic heterocycles. The number of nitrogens with zero attached hydrogens (tertiary/aromatic N) is 1. The van der Waals surface area contributed by atoms with Gasteiger partial charge in [-0.3, -0.25) is 4.79 Å². The van der Waals surface area contributed by atoms with Gasteiger partial charge >= 0.3 is 5.97 Å². The number of carbonyl (C=O) groups excluding carboxylic acids is 1. The third kappa shape index (κ3) is 5.78. The predicted octanol–water partition coefficient (Wildman–Crippen LogP) is 1.09. The molecule has 1 unspecified atom stereocenters. The molecule has 0 spiro atoms. The number of methoxy groups -OCH3 is 1. The summed E-state index contributed by atoms with van der Waals surface area (Å²) in [6.07, 6.45) is 1.53. The molecule has 7 nitrogen and oxygen atoms in total. The summed E-state index contributed by atoms with van der Waals surface area (Å²) in [7, 11) is 1.47. The number of ether oxygens (including phenoxy) is 2. The summed E-state index contributed by atoms with van der Waals surface area (Å²) in [5.74, 6) is -1.19. The van der Waals surface area contributed by atoms with Crippen molar-refractivity contribution in [2.45, 2.75) is 32.4 Å². The van der Waals surface area contributed by atoms with Crippen molar-refractivity contribution in [2.24, 2.45) is 0 Å². The number of aromatic nitrogens is 1. The predicted molar refractivity (Wildman–Crippen MR) is 75.4 cm³/mol. The lowest BCUT2D eigenvalue weighted by molar-refractivity contribution is -0.139. The summed E-state index contributed by atoms with van der Waals surface area (Å²) in [6, 6.07) is 2.11. The maximum Gasteiger partial charge on any atom is 0.326 e. The zero-order valence-electron chi connectivity index (χ0n) is 12.3. The Hall–Kier alpha value is -2.15. The third-order valence-electron chi connectivity index (χ3n) is 2.57. The quantitative estimate of drug-likeness (QED) is 0.745. The Morgan fingerprint density at radius 2 is 2.10 bits per heavy atom. The van der Waals surface area contributed by atoms with Crippen LogP contribution in [0.5, 0.6) is 5.88 Å². The van der Waals surface area contributed by atoms with Crippen molar-refractivity contribution in [3.05, 3.63) is 23.9 Å². The smallest absolute Gasteiger partial charge is 0.326 e. The minimum atomic E-state index is -1.10. The second-order valence-corrected chi connectivity index (χ2v) is 4.70. The number of rotatable bonds is 8.